The van der Waals surface area contributed by atoms with Gasteiger partial charge in [0, 0.05) is 6.54 Å². The number of carbonyl (C=O) groups is 2. The summed E-state index contributed by atoms with van der Waals surface area (Å²) < 4.78 is 72.0. The third-order valence-corrected chi connectivity index (χ3v) is 7.71. The number of aryl methyl sites for hydroxylation is 3. The number of sulfonamides is 1. The monoisotopic (exact) mass is 498 g/mol. The summed E-state index contributed by atoms with van der Waals surface area (Å²) in [6.45, 7) is 4.47. The number of esters is 1. The van der Waals surface area contributed by atoms with Crippen molar-refractivity contribution in [3.05, 3.63) is 58.7 Å². The van der Waals surface area contributed by atoms with Gasteiger partial charge in [-0.25, -0.2) is 8.42 Å². The SMILES string of the molecule is Cc1cc(C)c(S(=O)(=O)N2CCCC2C(=O)OCC(=O)Nc2ccccc2C(F)(F)F)c(C)c1. The Morgan fingerprint density at radius 1 is 1.12 bits per heavy atom. The fourth-order valence-corrected chi connectivity index (χ4v) is 6.27. The van der Waals surface area contributed by atoms with Crippen molar-refractivity contribution >= 4 is 27.6 Å². The number of alkyl halides is 3. The Kier molecular flexibility index (Phi) is 7.37. The maximum absolute atomic E-state index is 13.3. The average molecular weight is 499 g/mol. The van der Waals surface area contributed by atoms with Crippen molar-refractivity contribution < 1.29 is 35.9 Å². The van der Waals surface area contributed by atoms with Gasteiger partial charge in [-0.2, -0.15) is 17.5 Å². The summed E-state index contributed by atoms with van der Waals surface area (Å²) in [4.78, 5) is 24.9. The zero-order chi connectivity index (χ0) is 25.3. The zero-order valence-electron chi connectivity index (χ0n) is 18.9. The van der Waals surface area contributed by atoms with Gasteiger partial charge in [-0.3, -0.25) is 9.59 Å². The second-order valence-corrected chi connectivity index (χ2v) is 10.0. The molecule has 0 aliphatic carbocycles. The first-order valence-corrected chi connectivity index (χ1v) is 12.0. The Morgan fingerprint density at radius 3 is 2.35 bits per heavy atom. The summed E-state index contributed by atoms with van der Waals surface area (Å²) in [6.07, 6.45) is -4.04. The molecule has 1 atom stereocenters. The number of ether oxygens (including phenoxy) is 1. The first-order chi connectivity index (χ1) is 15.8. The lowest BCUT2D eigenvalue weighted by atomic mass is 10.1. The molecule has 3 rings (SSSR count). The van der Waals surface area contributed by atoms with Gasteiger partial charge in [0.25, 0.3) is 5.91 Å². The lowest BCUT2D eigenvalue weighted by Crippen LogP contribution is -2.42. The second kappa shape index (κ2) is 9.75. The first-order valence-electron chi connectivity index (χ1n) is 10.5. The molecule has 0 radical (unpaired) electrons. The van der Waals surface area contributed by atoms with E-state index >= 15 is 0 Å². The molecule has 0 bridgehead atoms. The van der Waals surface area contributed by atoms with E-state index in [1.165, 1.54) is 12.1 Å². The topological polar surface area (TPSA) is 92.8 Å². The van der Waals surface area contributed by atoms with Crippen LogP contribution >= 0.6 is 0 Å². The third-order valence-electron chi connectivity index (χ3n) is 5.50. The lowest BCUT2D eigenvalue weighted by Gasteiger charge is -2.24. The molecule has 34 heavy (non-hydrogen) atoms. The van der Waals surface area contributed by atoms with Crippen LogP contribution in [0.2, 0.25) is 0 Å². The van der Waals surface area contributed by atoms with Crippen LogP contribution < -0.4 is 5.32 Å². The minimum atomic E-state index is -4.68. The van der Waals surface area contributed by atoms with Gasteiger partial charge in [-0.05, 0) is 56.9 Å². The summed E-state index contributed by atoms with van der Waals surface area (Å²) in [5.74, 6) is -1.90. The predicted octanol–water partition coefficient (Wildman–Crippen LogP) is 3.97. The van der Waals surface area contributed by atoms with Crippen molar-refractivity contribution in [3.63, 3.8) is 0 Å². The highest BCUT2D eigenvalue weighted by Gasteiger charge is 2.41. The Balaban J connectivity index is 1.71. The number of nitrogens with zero attached hydrogens (tertiary/aromatic N) is 1. The van der Waals surface area contributed by atoms with Gasteiger partial charge in [0.15, 0.2) is 6.61 Å². The molecule has 184 valence electrons. The van der Waals surface area contributed by atoms with Crippen molar-refractivity contribution in [2.24, 2.45) is 0 Å². The van der Waals surface area contributed by atoms with Crippen LogP contribution in [-0.2, 0) is 30.5 Å². The van der Waals surface area contributed by atoms with Crippen molar-refractivity contribution in [2.75, 3.05) is 18.5 Å². The number of carbonyl (C=O) groups excluding carboxylic acids is 2. The smallest absolute Gasteiger partial charge is 0.418 e. The molecule has 2 aromatic rings. The molecule has 1 heterocycles. The molecule has 0 aromatic heterocycles. The summed E-state index contributed by atoms with van der Waals surface area (Å²) >= 11 is 0. The molecular weight excluding hydrogens is 473 g/mol. The number of rotatable bonds is 6. The maximum Gasteiger partial charge on any atom is 0.418 e. The molecule has 1 aliphatic rings. The molecule has 1 aliphatic heterocycles. The number of para-hydroxylation sites is 1. The minimum absolute atomic E-state index is 0.111. The average Bonchev–Trinajstić information content (AvgIpc) is 3.21. The summed E-state index contributed by atoms with van der Waals surface area (Å²) in [6, 6.07) is 6.77. The maximum atomic E-state index is 13.3. The summed E-state index contributed by atoms with van der Waals surface area (Å²) in [7, 11) is -4.01. The van der Waals surface area contributed by atoms with E-state index in [0.29, 0.717) is 17.5 Å². The van der Waals surface area contributed by atoms with Gasteiger partial charge >= 0.3 is 12.1 Å². The van der Waals surface area contributed by atoms with E-state index in [9.17, 15) is 31.2 Å². The third kappa shape index (κ3) is 5.41. The van der Waals surface area contributed by atoms with Crippen LogP contribution in [0.5, 0.6) is 0 Å². The van der Waals surface area contributed by atoms with E-state index in [4.69, 9.17) is 4.74 Å². The molecule has 2 aromatic carbocycles. The zero-order valence-corrected chi connectivity index (χ0v) is 19.7. The second-order valence-electron chi connectivity index (χ2n) is 8.20. The lowest BCUT2D eigenvalue weighted by molar-refractivity contribution is -0.150. The Bertz CT molecular complexity index is 1190. The Labute approximate surface area is 196 Å². The van der Waals surface area contributed by atoms with Crippen molar-refractivity contribution in [1.82, 2.24) is 4.31 Å². The van der Waals surface area contributed by atoms with Crippen molar-refractivity contribution in [3.8, 4) is 0 Å². The molecule has 0 saturated carbocycles. The Morgan fingerprint density at radius 2 is 1.74 bits per heavy atom. The fraction of sp³-hybridized carbons (Fsp3) is 0.391. The Hall–Kier alpha value is -2.92. The molecule has 1 fully saturated rings. The van der Waals surface area contributed by atoms with Gasteiger partial charge in [-0.1, -0.05) is 29.8 Å². The molecule has 11 heteroatoms. The minimum Gasteiger partial charge on any atom is -0.454 e. The van der Waals surface area contributed by atoms with Gasteiger partial charge in [0.05, 0.1) is 16.1 Å². The van der Waals surface area contributed by atoms with Crippen LogP contribution in [0, 0.1) is 20.8 Å². The number of hydrogen-bond donors (Lipinski definition) is 1. The van der Waals surface area contributed by atoms with Gasteiger partial charge in [-0.15, -0.1) is 0 Å². The number of hydrogen-bond acceptors (Lipinski definition) is 5. The molecule has 0 spiro atoms. The largest absolute Gasteiger partial charge is 0.454 e. The molecule has 1 saturated heterocycles. The number of benzene rings is 2. The number of amides is 1. The highest BCUT2D eigenvalue weighted by Crippen LogP contribution is 2.34. The molecule has 7 nitrogen and oxygen atoms in total. The first kappa shape index (κ1) is 25.7. The van der Waals surface area contributed by atoms with Crippen LogP contribution in [0.15, 0.2) is 41.3 Å². The fourth-order valence-electron chi connectivity index (χ4n) is 4.21. The van der Waals surface area contributed by atoms with Gasteiger partial charge in [0.1, 0.15) is 6.04 Å². The number of anilines is 1. The van der Waals surface area contributed by atoms with Crippen LogP contribution in [-0.4, -0.2) is 43.8 Å². The van der Waals surface area contributed by atoms with Gasteiger partial charge in [0.2, 0.25) is 10.0 Å². The summed E-state index contributed by atoms with van der Waals surface area (Å²) in [5, 5.41) is 2.08. The van der Waals surface area contributed by atoms with Crippen molar-refractivity contribution in [1.29, 1.82) is 0 Å². The molecule has 1 amide bonds. The van der Waals surface area contributed by atoms with Crippen LogP contribution in [0.25, 0.3) is 0 Å². The van der Waals surface area contributed by atoms with Crippen LogP contribution in [0.4, 0.5) is 18.9 Å². The van der Waals surface area contributed by atoms with Crippen LogP contribution in [0.3, 0.4) is 0 Å². The van der Waals surface area contributed by atoms with E-state index in [-0.39, 0.29) is 17.9 Å². The highest BCUT2D eigenvalue weighted by atomic mass is 32.2. The van der Waals surface area contributed by atoms with E-state index in [0.717, 1.165) is 22.0 Å². The van der Waals surface area contributed by atoms with E-state index in [1.54, 1.807) is 26.0 Å². The van der Waals surface area contributed by atoms with E-state index < -0.39 is 52.0 Å². The standard InChI is InChI=1S/C23H25F3N2O5S/c1-14-11-15(2)21(16(3)12-14)34(31,32)28-10-6-9-19(28)22(30)33-13-20(29)27-18-8-5-4-7-17(18)23(24,25)26/h4-5,7-8,11-12,19H,6,9-10,13H2,1-3H3,(H,27,29). The van der Waals surface area contributed by atoms with Crippen LogP contribution in [0.1, 0.15) is 35.1 Å². The molecular formula is C23H25F3N2O5S. The molecule has 1 N–H and O–H groups in total. The number of nitrogens with one attached hydrogen (secondary N) is 1. The van der Waals surface area contributed by atoms with Gasteiger partial charge < -0.3 is 10.1 Å². The molecule has 1 unspecified atom stereocenters. The van der Waals surface area contributed by atoms with Crippen molar-refractivity contribution in [2.45, 2.75) is 50.7 Å². The van der Waals surface area contributed by atoms with E-state index in [2.05, 4.69) is 5.32 Å². The van der Waals surface area contributed by atoms with E-state index in [1.807, 2.05) is 6.92 Å². The quantitative estimate of drug-likeness (QED) is 0.609. The number of halogens is 3. The predicted molar refractivity (Wildman–Crippen MR) is 119 cm³/mol. The highest BCUT2D eigenvalue weighted by molar-refractivity contribution is 7.89. The summed E-state index contributed by atoms with van der Waals surface area (Å²) in [5.41, 5.74) is 0.515. The normalized spacial score (nSPS) is 16.9.